The van der Waals surface area contributed by atoms with E-state index in [-0.39, 0.29) is 11.3 Å². The van der Waals surface area contributed by atoms with Crippen molar-refractivity contribution in [3.63, 3.8) is 0 Å². The molecule has 0 aliphatic carbocycles. The predicted molar refractivity (Wildman–Crippen MR) is 69.4 cm³/mol. The second-order valence-electron chi connectivity index (χ2n) is 3.92. The van der Waals surface area contributed by atoms with E-state index in [1.807, 2.05) is 0 Å². The number of carboxylic acid groups (broad SMARTS) is 1. The predicted octanol–water partition coefficient (Wildman–Crippen LogP) is 2.06. The van der Waals surface area contributed by atoms with Crippen LogP contribution in [0.25, 0.3) is 0 Å². The van der Waals surface area contributed by atoms with Crippen molar-refractivity contribution in [1.82, 2.24) is 10.2 Å². The van der Waals surface area contributed by atoms with Gasteiger partial charge in [-0.3, -0.25) is 5.10 Å². The fourth-order valence-electron chi connectivity index (χ4n) is 1.55. The van der Waals surface area contributed by atoms with Crippen molar-refractivity contribution in [2.75, 3.05) is 10.6 Å². The number of carbonyl (C=O) groups is 2. The molecule has 0 radical (unpaired) electrons. The molecule has 1 aromatic carbocycles. The Morgan fingerprint density at radius 3 is 2.74 bits per heavy atom. The maximum atomic E-state index is 11.7. The van der Waals surface area contributed by atoms with Crippen molar-refractivity contribution in [2.24, 2.45) is 0 Å². The summed E-state index contributed by atoms with van der Waals surface area (Å²) in [5.41, 5.74) is 1.57. The molecule has 2 aromatic rings. The van der Waals surface area contributed by atoms with Gasteiger partial charge in [0.2, 0.25) is 0 Å². The third-order valence-electron chi connectivity index (χ3n) is 2.41. The molecule has 0 bridgehead atoms. The highest BCUT2D eigenvalue weighted by molar-refractivity contribution is 6.04. The highest BCUT2D eigenvalue weighted by Crippen LogP contribution is 2.17. The minimum atomic E-state index is -1.10. The number of aromatic amines is 1. The average Bonchev–Trinajstić information content (AvgIpc) is 2.83. The first kappa shape index (κ1) is 12.6. The van der Waals surface area contributed by atoms with E-state index >= 15 is 0 Å². The lowest BCUT2D eigenvalue weighted by Gasteiger charge is -2.09. The molecular weight excluding hydrogens is 248 g/mol. The second-order valence-corrected chi connectivity index (χ2v) is 3.92. The normalized spacial score (nSPS) is 9.95. The van der Waals surface area contributed by atoms with Gasteiger partial charge < -0.3 is 15.7 Å². The van der Waals surface area contributed by atoms with Crippen LogP contribution in [-0.4, -0.2) is 27.3 Å². The highest BCUT2D eigenvalue weighted by Gasteiger charge is 2.12. The number of nitrogens with one attached hydrogen (secondary N) is 3. The third kappa shape index (κ3) is 3.09. The molecular formula is C12H12N4O3. The molecule has 4 N–H and O–H groups in total. The van der Waals surface area contributed by atoms with E-state index in [0.717, 1.165) is 5.56 Å². The number of aryl methyl sites for hydroxylation is 1. The number of amides is 2. The Bertz CT molecular complexity index is 607. The van der Waals surface area contributed by atoms with E-state index in [1.54, 1.807) is 19.1 Å². The number of carboxylic acids is 1. The number of urea groups is 1. The maximum absolute atomic E-state index is 11.7. The van der Waals surface area contributed by atoms with Crippen LogP contribution >= 0.6 is 0 Å². The second kappa shape index (κ2) is 5.21. The molecule has 2 amide bonds. The van der Waals surface area contributed by atoms with Gasteiger partial charge in [0.15, 0.2) is 0 Å². The van der Waals surface area contributed by atoms with Gasteiger partial charge in [0.25, 0.3) is 0 Å². The van der Waals surface area contributed by atoms with Crippen molar-refractivity contribution < 1.29 is 14.7 Å². The molecule has 2 rings (SSSR count). The zero-order valence-corrected chi connectivity index (χ0v) is 10.1. The van der Waals surface area contributed by atoms with E-state index in [0.29, 0.717) is 5.69 Å². The molecule has 0 fully saturated rings. The molecule has 1 heterocycles. The average molecular weight is 260 g/mol. The Balaban J connectivity index is 2.14. The van der Waals surface area contributed by atoms with Crippen LogP contribution in [0, 0.1) is 6.92 Å². The summed E-state index contributed by atoms with van der Waals surface area (Å²) in [6, 6.07) is 4.23. The first-order valence-corrected chi connectivity index (χ1v) is 5.47. The number of aromatic carboxylic acids is 1. The van der Waals surface area contributed by atoms with Crippen LogP contribution in [0.1, 0.15) is 15.9 Å². The lowest BCUT2D eigenvalue weighted by molar-refractivity contribution is 0.0698. The van der Waals surface area contributed by atoms with Crippen molar-refractivity contribution >= 4 is 23.4 Å². The smallest absolute Gasteiger partial charge is 0.337 e. The van der Waals surface area contributed by atoms with Gasteiger partial charge in [-0.1, -0.05) is 11.6 Å². The first-order valence-electron chi connectivity index (χ1n) is 5.47. The standard InChI is InChI=1S/C12H12N4O3/c1-7-2-3-10(9(4-7)11(17)18)16-12(19)15-8-5-13-14-6-8/h2-6H,1H3,(H,13,14)(H,17,18)(H2,15,16,19). The molecule has 7 heteroatoms. The summed E-state index contributed by atoms with van der Waals surface area (Å²) in [6.45, 7) is 1.78. The Kier molecular flexibility index (Phi) is 3.46. The molecule has 0 aliphatic heterocycles. The maximum Gasteiger partial charge on any atom is 0.337 e. The van der Waals surface area contributed by atoms with Gasteiger partial charge in [-0.05, 0) is 19.1 Å². The molecule has 0 unspecified atom stereocenters. The Morgan fingerprint density at radius 2 is 2.11 bits per heavy atom. The van der Waals surface area contributed by atoms with Gasteiger partial charge in [-0.2, -0.15) is 5.10 Å². The van der Waals surface area contributed by atoms with Crippen LogP contribution < -0.4 is 10.6 Å². The number of aromatic nitrogens is 2. The van der Waals surface area contributed by atoms with E-state index in [9.17, 15) is 9.59 Å². The third-order valence-corrected chi connectivity index (χ3v) is 2.41. The number of carbonyl (C=O) groups excluding carboxylic acids is 1. The van der Waals surface area contributed by atoms with Gasteiger partial charge in [-0.25, -0.2) is 9.59 Å². The van der Waals surface area contributed by atoms with Gasteiger partial charge in [0.05, 0.1) is 23.1 Å². The highest BCUT2D eigenvalue weighted by atomic mass is 16.4. The summed E-state index contributed by atoms with van der Waals surface area (Å²) >= 11 is 0. The van der Waals surface area contributed by atoms with Crippen LogP contribution in [-0.2, 0) is 0 Å². The SMILES string of the molecule is Cc1ccc(NC(=O)Nc2cn[nH]c2)c(C(=O)O)c1. The molecule has 19 heavy (non-hydrogen) atoms. The number of hydrogen-bond acceptors (Lipinski definition) is 3. The summed E-state index contributed by atoms with van der Waals surface area (Å²) in [4.78, 5) is 22.8. The number of anilines is 2. The fraction of sp³-hybridized carbons (Fsp3) is 0.0833. The number of nitrogens with zero attached hydrogens (tertiary/aromatic N) is 1. The molecule has 1 aromatic heterocycles. The van der Waals surface area contributed by atoms with Crippen LogP contribution in [0.5, 0.6) is 0 Å². The molecule has 0 saturated carbocycles. The fourth-order valence-corrected chi connectivity index (χ4v) is 1.55. The monoisotopic (exact) mass is 260 g/mol. The number of rotatable bonds is 3. The Hall–Kier alpha value is -2.83. The lowest BCUT2D eigenvalue weighted by atomic mass is 10.1. The minimum absolute atomic E-state index is 0.0438. The zero-order valence-electron chi connectivity index (χ0n) is 10.1. The van der Waals surface area contributed by atoms with E-state index < -0.39 is 12.0 Å². The van der Waals surface area contributed by atoms with Crippen molar-refractivity contribution in [3.05, 3.63) is 41.7 Å². The summed E-state index contributed by atoms with van der Waals surface area (Å²) in [5.74, 6) is -1.10. The molecule has 98 valence electrons. The van der Waals surface area contributed by atoms with E-state index in [2.05, 4.69) is 20.8 Å². The Morgan fingerprint density at radius 1 is 1.32 bits per heavy atom. The van der Waals surface area contributed by atoms with Crippen LogP contribution in [0.2, 0.25) is 0 Å². The summed E-state index contributed by atoms with van der Waals surface area (Å²) in [7, 11) is 0. The van der Waals surface area contributed by atoms with Crippen LogP contribution in [0.3, 0.4) is 0 Å². The minimum Gasteiger partial charge on any atom is -0.478 e. The van der Waals surface area contributed by atoms with Crippen molar-refractivity contribution in [2.45, 2.75) is 6.92 Å². The van der Waals surface area contributed by atoms with E-state index in [4.69, 9.17) is 5.11 Å². The summed E-state index contributed by atoms with van der Waals surface area (Å²) in [6.07, 6.45) is 2.94. The summed E-state index contributed by atoms with van der Waals surface area (Å²) in [5, 5.41) is 20.3. The molecule has 0 saturated heterocycles. The topological polar surface area (TPSA) is 107 Å². The largest absolute Gasteiger partial charge is 0.478 e. The molecule has 0 aliphatic rings. The van der Waals surface area contributed by atoms with Gasteiger partial charge in [-0.15, -0.1) is 0 Å². The van der Waals surface area contributed by atoms with Gasteiger partial charge >= 0.3 is 12.0 Å². The summed E-state index contributed by atoms with van der Waals surface area (Å²) < 4.78 is 0. The molecule has 0 atom stereocenters. The van der Waals surface area contributed by atoms with Crippen molar-refractivity contribution in [1.29, 1.82) is 0 Å². The zero-order chi connectivity index (χ0) is 13.8. The quantitative estimate of drug-likeness (QED) is 0.677. The molecule has 0 spiro atoms. The van der Waals surface area contributed by atoms with Crippen LogP contribution in [0.15, 0.2) is 30.6 Å². The Labute approximate surface area is 108 Å². The number of H-pyrrole nitrogens is 1. The molecule has 7 nitrogen and oxygen atoms in total. The van der Waals surface area contributed by atoms with Crippen molar-refractivity contribution in [3.8, 4) is 0 Å². The van der Waals surface area contributed by atoms with E-state index in [1.165, 1.54) is 18.5 Å². The van der Waals surface area contributed by atoms with Gasteiger partial charge in [0, 0.05) is 6.20 Å². The van der Waals surface area contributed by atoms with Crippen LogP contribution in [0.4, 0.5) is 16.2 Å². The lowest BCUT2D eigenvalue weighted by Crippen LogP contribution is -2.20. The first-order chi connectivity index (χ1) is 9.06. The van der Waals surface area contributed by atoms with Gasteiger partial charge in [0.1, 0.15) is 0 Å². The number of hydrogen-bond donors (Lipinski definition) is 4. The number of benzene rings is 1.